The van der Waals surface area contributed by atoms with Crippen molar-refractivity contribution in [3.63, 3.8) is 0 Å². The molecule has 3 N–H and O–H groups in total. The van der Waals surface area contributed by atoms with Crippen LogP contribution >= 0.6 is 0 Å². The van der Waals surface area contributed by atoms with Crippen LogP contribution in [0.5, 0.6) is 0 Å². The Bertz CT molecular complexity index is 559. The first-order chi connectivity index (χ1) is 9.28. The number of amides is 1. The molecular formula is C12H16F2N2O3S. The number of carbonyl (C=O) groups is 1. The molecule has 112 valence electrons. The van der Waals surface area contributed by atoms with Gasteiger partial charge in [0.1, 0.15) is 0 Å². The van der Waals surface area contributed by atoms with Crippen LogP contribution in [0, 0.1) is 0 Å². The predicted molar refractivity (Wildman–Crippen MR) is 71.1 cm³/mol. The fourth-order valence-corrected chi connectivity index (χ4v) is 2.23. The SMILES string of the molecule is CCC[C@@H](N)C(=O)Nc1ccc(S(=O)(=O)C(F)F)cc1. The fourth-order valence-electron chi connectivity index (χ4n) is 1.51. The van der Waals surface area contributed by atoms with Crippen molar-refractivity contribution in [1.29, 1.82) is 0 Å². The first-order valence-electron chi connectivity index (χ1n) is 5.97. The summed E-state index contributed by atoms with van der Waals surface area (Å²) in [5.41, 5.74) is 5.91. The summed E-state index contributed by atoms with van der Waals surface area (Å²) in [5.74, 6) is -3.88. The Morgan fingerprint density at radius 1 is 1.30 bits per heavy atom. The summed E-state index contributed by atoms with van der Waals surface area (Å²) in [7, 11) is -4.62. The average Bonchev–Trinajstić information content (AvgIpc) is 2.39. The number of alkyl halides is 2. The van der Waals surface area contributed by atoms with Crippen molar-refractivity contribution in [3.05, 3.63) is 24.3 Å². The van der Waals surface area contributed by atoms with Gasteiger partial charge >= 0.3 is 5.76 Å². The zero-order chi connectivity index (χ0) is 15.3. The van der Waals surface area contributed by atoms with Crippen molar-refractivity contribution in [1.82, 2.24) is 0 Å². The van der Waals surface area contributed by atoms with Crippen molar-refractivity contribution in [3.8, 4) is 0 Å². The summed E-state index contributed by atoms with van der Waals surface area (Å²) < 4.78 is 47.1. The lowest BCUT2D eigenvalue weighted by molar-refractivity contribution is -0.117. The largest absolute Gasteiger partial charge is 0.341 e. The number of hydrogen-bond donors (Lipinski definition) is 2. The maximum absolute atomic E-state index is 12.3. The Morgan fingerprint density at radius 2 is 1.85 bits per heavy atom. The van der Waals surface area contributed by atoms with Gasteiger partial charge < -0.3 is 11.1 Å². The van der Waals surface area contributed by atoms with Crippen molar-refractivity contribution in [2.24, 2.45) is 5.73 Å². The highest BCUT2D eigenvalue weighted by atomic mass is 32.2. The number of anilines is 1. The summed E-state index contributed by atoms with van der Waals surface area (Å²) in [6.07, 6.45) is 1.27. The number of benzene rings is 1. The third-order valence-corrected chi connectivity index (χ3v) is 4.02. The summed E-state index contributed by atoms with van der Waals surface area (Å²) in [5, 5.41) is 2.49. The van der Waals surface area contributed by atoms with Gasteiger partial charge in [0.05, 0.1) is 10.9 Å². The standard InChI is InChI=1S/C12H16F2N2O3S/c1-2-3-10(15)11(17)16-8-4-6-9(7-5-8)20(18,19)12(13)14/h4-7,10,12H,2-3,15H2,1H3,(H,16,17)/t10-/m1/s1. The molecule has 1 amide bonds. The number of nitrogens with two attached hydrogens (primary N) is 1. The summed E-state index contributed by atoms with van der Waals surface area (Å²) in [6, 6.07) is 3.85. The van der Waals surface area contributed by atoms with Crippen LogP contribution in [0.4, 0.5) is 14.5 Å². The molecule has 1 atom stereocenters. The van der Waals surface area contributed by atoms with Gasteiger partial charge in [-0.3, -0.25) is 4.79 Å². The predicted octanol–water partition coefficient (Wildman–Crippen LogP) is 1.75. The number of halogens is 2. The molecule has 0 aliphatic carbocycles. The number of sulfone groups is 1. The van der Waals surface area contributed by atoms with Gasteiger partial charge in [-0.1, -0.05) is 13.3 Å². The smallest absolute Gasteiger partial charge is 0.325 e. The van der Waals surface area contributed by atoms with Crippen molar-refractivity contribution >= 4 is 21.4 Å². The van der Waals surface area contributed by atoms with E-state index in [9.17, 15) is 22.0 Å². The molecule has 20 heavy (non-hydrogen) atoms. The minimum Gasteiger partial charge on any atom is -0.325 e. The van der Waals surface area contributed by atoms with Crippen LogP contribution in [0.1, 0.15) is 19.8 Å². The Morgan fingerprint density at radius 3 is 2.30 bits per heavy atom. The number of carbonyl (C=O) groups excluding carboxylic acids is 1. The van der Waals surface area contributed by atoms with Crippen LogP contribution in [0.2, 0.25) is 0 Å². The lowest BCUT2D eigenvalue weighted by Crippen LogP contribution is -2.35. The molecule has 0 heterocycles. The first kappa shape index (κ1) is 16.5. The van der Waals surface area contributed by atoms with Gasteiger partial charge in [0.2, 0.25) is 15.7 Å². The van der Waals surface area contributed by atoms with Crippen molar-refractivity contribution in [2.45, 2.75) is 36.5 Å². The minimum absolute atomic E-state index is 0.301. The van der Waals surface area contributed by atoms with Crippen LogP contribution in [0.15, 0.2) is 29.2 Å². The van der Waals surface area contributed by atoms with Gasteiger partial charge in [0.15, 0.2) is 0 Å². The fraction of sp³-hybridized carbons (Fsp3) is 0.417. The molecule has 0 aliphatic heterocycles. The number of hydrogen-bond acceptors (Lipinski definition) is 4. The van der Waals surface area contributed by atoms with Gasteiger partial charge in [-0.05, 0) is 30.7 Å². The first-order valence-corrected chi connectivity index (χ1v) is 7.52. The molecule has 1 rings (SSSR count). The van der Waals surface area contributed by atoms with Crippen LogP contribution in [-0.2, 0) is 14.6 Å². The van der Waals surface area contributed by atoms with E-state index in [-0.39, 0.29) is 0 Å². The van der Waals surface area contributed by atoms with Gasteiger partial charge in [-0.25, -0.2) is 8.42 Å². The molecule has 1 aromatic rings. The Labute approximate surface area is 116 Å². The Kier molecular flexibility index (Phi) is 5.58. The van der Waals surface area contributed by atoms with Crippen molar-refractivity contribution in [2.75, 3.05) is 5.32 Å². The molecule has 0 aliphatic rings. The van der Waals surface area contributed by atoms with E-state index in [1.165, 1.54) is 12.1 Å². The zero-order valence-corrected chi connectivity index (χ0v) is 11.7. The monoisotopic (exact) mass is 306 g/mol. The minimum atomic E-state index is -4.62. The lowest BCUT2D eigenvalue weighted by Gasteiger charge is -2.11. The van der Waals surface area contributed by atoms with Gasteiger partial charge in [-0.2, -0.15) is 8.78 Å². The third-order valence-electron chi connectivity index (χ3n) is 2.62. The van der Waals surface area contributed by atoms with Gasteiger partial charge in [0, 0.05) is 5.69 Å². The average molecular weight is 306 g/mol. The number of rotatable bonds is 6. The van der Waals surface area contributed by atoms with E-state index >= 15 is 0 Å². The van der Waals surface area contributed by atoms with E-state index in [1.807, 2.05) is 6.92 Å². The molecule has 0 saturated heterocycles. The topological polar surface area (TPSA) is 89.3 Å². The molecular weight excluding hydrogens is 290 g/mol. The van der Waals surface area contributed by atoms with E-state index < -0.39 is 32.4 Å². The number of nitrogens with one attached hydrogen (secondary N) is 1. The molecule has 0 spiro atoms. The van der Waals surface area contributed by atoms with E-state index in [0.717, 1.165) is 18.6 Å². The van der Waals surface area contributed by atoms with E-state index in [2.05, 4.69) is 5.32 Å². The van der Waals surface area contributed by atoms with Gasteiger partial charge in [0.25, 0.3) is 0 Å². The second-order valence-electron chi connectivity index (χ2n) is 4.21. The highest BCUT2D eigenvalue weighted by molar-refractivity contribution is 7.91. The quantitative estimate of drug-likeness (QED) is 0.838. The second kappa shape index (κ2) is 6.76. The zero-order valence-electron chi connectivity index (χ0n) is 10.8. The lowest BCUT2D eigenvalue weighted by atomic mass is 10.1. The molecule has 0 bridgehead atoms. The van der Waals surface area contributed by atoms with E-state index in [1.54, 1.807) is 0 Å². The van der Waals surface area contributed by atoms with Crippen LogP contribution in [-0.4, -0.2) is 26.1 Å². The maximum Gasteiger partial charge on any atom is 0.341 e. The Balaban J connectivity index is 2.80. The summed E-state index contributed by atoms with van der Waals surface area (Å²) >= 11 is 0. The summed E-state index contributed by atoms with van der Waals surface area (Å²) in [6.45, 7) is 1.89. The molecule has 0 aromatic heterocycles. The van der Waals surface area contributed by atoms with Crippen molar-refractivity contribution < 1.29 is 22.0 Å². The highest BCUT2D eigenvalue weighted by Crippen LogP contribution is 2.20. The molecule has 0 fully saturated rings. The van der Waals surface area contributed by atoms with Gasteiger partial charge in [-0.15, -0.1) is 0 Å². The highest BCUT2D eigenvalue weighted by Gasteiger charge is 2.26. The molecule has 0 unspecified atom stereocenters. The van der Waals surface area contributed by atoms with Crippen LogP contribution < -0.4 is 11.1 Å². The molecule has 0 radical (unpaired) electrons. The van der Waals surface area contributed by atoms with Crippen LogP contribution in [0.3, 0.4) is 0 Å². The summed E-state index contributed by atoms with van der Waals surface area (Å²) in [4.78, 5) is 11.1. The third kappa shape index (κ3) is 3.97. The Hall–Kier alpha value is -1.54. The molecule has 5 nitrogen and oxygen atoms in total. The second-order valence-corrected chi connectivity index (χ2v) is 6.13. The van der Waals surface area contributed by atoms with E-state index in [0.29, 0.717) is 12.1 Å². The van der Waals surface area contributed by atoms with E-state index in [4.69, 9.17) is 5.73 Å². The maximum atomic E-state index is 12.3. The van der Waals surface area contributed by atoms with Crippen LogP contribution in [0.25, 0.3) is 0 Å². The molecule has 8 heteroatoms. The normalized spacial score (nSPS) is 13.2. The molecule has 1 aromatic carbocycles. The molecule has 0 saturated carbocycles.